The van der Waals surface area contributed by atoms with Crippen molar-refractivity contribution in [2.24, 2.45) is 0 Å². The molecule has 4 nitrogen and oxygen atoms in total. The van der Waals surface area contributed by atoms with Gasteiger partial charge < -0.3 is 9.47 Å². The summed E-state index contributed by atoms with van der Waals surface area (Å²) in [5.41, 5.74) is 4.69. The third-order valence-electron chi connectivity index (χ3n) is 5.54. The molecule has 4 rings (SSSR count). The lowest BCUT2D eigenvalue weighted by molar-refractivity contribution is -0.113. The van der Waals surface area contributed by atoms with Crippen molar-refractivity contribution in [2.75, 3.05) is 11.5 Å². The summed E-state index contributed by atoms with van der Waals surface area (Å²) in [4.78, 5) is 15.4. The van der Waals surface area contributed by atoms with E-state index in [-0.39, 0.29) is 12.5 Å². The molecule has 3 aromatic rings. The molecule has 9 heteroatoms. The summed E-state index contributed by atoms with van der Waals surface area (Å²) in [7, 11) is 0. The van der Waals surface area contributed by atoms with Crippen molar-refractivity contribution in [3.63, 3.8) is 0 Å². The number of hydrogen-bond acceptors (Lipinski definition) is 5. The average Bonchev–Trinajstić information content (AvgIpc) is 3.10. The van der Waals surface area contributed by atoms with E-state index in [1.165, 1.54) is 11.8 Å². The zero-order valence-corrected chi connectivity index (χ0v) is 24.5. The Morgan fingerprint density at radius 2 is 1.81 bits per heavy atom. The minimum absolute atomic E-state index is 0.151. The molecule has 186 valence electrons. The third kappa shape index (κ3) is 5.92. The van der Waals surface area contributed by atoms with Crippen molar-refractivity contribution in [2.45, 2.75) is 27.4 Å². The molecule has 0 aromatic heterocycles. The molecule has 0 N–H and O–H groups in total. The maximum absolute atomic E-state index is 13.3. The number of benzene rings is 3. The highest BCUT2D eigenvalue weighted by Gasteiger charge is 2.33. The fourth-order valence-electron chi connectivity index (χ4n) is 3.57. The van der Waals surface area contributed by atoms with Gasteiger partial charge in [-0.15, -0.1) is 0 Å². The third-order valence-corrected chi connectivity index (χ3v) is 8.17. The van der Waals surface area contributed by atoms with E-state index < -0.39 is 0 Å². The van der Waals surface area contributed by atoms with Crippen LogP contribution in [0.15, 0.2) is 57.9 Å². The standard InChI is InChI=1S/C27H22BrCl2NO3S2/c1-4-33-23-12-18(10-20(28)25(23)34-14-17-6-8-21(29)22(30)11-17)13-24-26(32)31(27(35)36-24)19-7-5-15(2)16(3)9-19/h5-13H,4,14H2,1-3H3/b24-13+. The Balaban J connectivity index is 1.60. The van der Waals surface area contributed by atoms with E-state index in [9.17, 15) is 4.79 Å². The molecule has 36 heavy (non-hydrogen) atoms. The molecule has 1 aliphatic rings. The van der Waals surface area contributed by atoms with E-state index in [4.69, 9.17) is 44.9 Å². The van der Waals surface area contributed by atoms with Crippen molar-refractivity contribution in [3.8, 4) is 11.5 Å². The lowest BCUT2D eigenvalue weighted by Gasteiger charge is -2.16. The predicted molar refractivity (Wildman–Crippen MR) is 158 cm³/mol. The lowest BCUT2D eigenvalue weighted by Crippen LogP contribution is -2.27. The van der Waals surface area contributed by atoms with Crippen molar-refractivity contribution in [1.29, 1.82) is 0 Å². The van der Waals surface area contributed by atoms with Crippen LogP contribution in [0.2, 0.25) is 10.0 Å². The number of anilines is 1. The number of amides is 1. The highest BCUT2D eigenvalue weighted by molar-refractivity contribution is 9.10. The Kier molecular flexibility index (Phi) is 8.68. The highest BCUT2D eigenvalue weighted by atomic mass is 79.9. The Labute approximate surface area is 238 Å². The Morgan fingerprint density at radius 3 is 2.50 bits per heavy atom. The molecule has 0 aliphatic carbocycles. The molecule has 0 bridgehead atoms. The van der Waals surface area contributed by atoms with E-state index >= 15 is 0 Å². The van der Waals surface area contributed by atoms with E-state index in [2.05, 4.69) is 15.9 Å². The Bertz CT molecular complexity index is 1390. The lowest BCUT2D eigenvalue weighted by atomic mass is 10.1. The van der Waals surface area contributed by atoms with Gasteiger partial charge in [0.05, 0.1) is 31.7 Å². The summed E-state index contributed by atoms with van der Waals surface area (Å²) in [6.07, 6.45) is 1.82. The van der Waals surface area contributed by atoms with Gasteiger partial charge in [0.2, 0.25) is 0 Å². The summed E-state index contributed by atoms with van der Waals surface area (Å²) < 4.78 is 13.1. The number of carbonyl (C=O) groups is 1. The summed E-state index contributed by atoms with van der Waals surface area (Å²) in [5.74, 6) is 0.966. The number of nitrogens with zero attached hydrogens (tertiary/aromatic N) is 1. The molecule has 3 aromatic carbocycles. The van der Waals surface area contributed by atoms with Crippen molar-refractivity contribution >= 4 is 85.1 Å². The summed E-state index contributed by atoms with van der Waals surface area (Å²) in [6, 6.07) is 15.0. The molecule has 1 amide bonds. The van der Waals surface area contributed by atoms with Crippen molar-refractivity contribution in [3.05, 3.63) is 90.2 Å². The Morgan fingerprint density at radius 1 is 1.03 bits per heavy atom. The fourth-order valence-corrected chi connectivity index (χ4v) is 5.76. The number of thiocarbonyl (C=S) groups is 1. The number of thioether (sulfide) groups is 1. The van der Waals surface area contributed by atoms with E-state index in [1.807, 2.05) is 63.2 Å². The molecule has 1 aliphatic heterocycles. The topological polar surface area (TPSA) is 38.8 Å². The molecular weight excluding hydrogens is 601 g/mol. The second-order valence-corrected chi connectivity index (χ2v) is 11.4. The van der Waals surface area contributed by atoms with Gasteiger partial charge in [-0.25, -0.2) is 0 Å². The molecule has 0 saturated carbocycles. The SMILES string of the molecule is CCOc1cc(/C=C2/SC(=S)N(c3ccc(C)c(C)c3)C2=O)cc(Br)c1OCc1ccc(Cl)c(Cl)c1. The second kappa shape index (κ2) is 11.6. The first-order chi connectivity index (χ1) is 17.2. The summed E-state index contributed by atoms with van der Waals surface area (Å²) in [6.45, 7) is 6.69. The molecule has 1 fully saturated rings. The van der Waals surface area contributed by atoms with Crippen LogP contribution in [0.3, 0.4) is 0 Å². The van der Waals surface area contributed by atoms with Crippen LogP contribution in [-0.2, 0) is 11.4 Å². The molecule has 0 unspecified atom stereocenters. The second-order valence-electron chi connectivity index (χ2n) is 8.09. The van der Waals surface area contributed by atoms with Crippen LogP contribution < -0.4 is 14.4 Å². The van der Waals surface area contributed by atoms with Crippen LogP contribution in [0.25, 0.3) is 6.08 Å². The quantitative estimate of drug-likeness (QED) is 0.195. The zero-order valence-electron chi connectivity index (χ0n) is 19.7. The zero-order chi connectivity index (χ0) is 26.0. The van der Waals surface area contributed by atoms with Gasteiger partial charge in [-0.05, 0) is 101 Å². The first kappa shape index (κ1) is 27.0. The van der Waals surface area contributed by atoms with E-state index in [1.54, 1.807) is 17.0 Å². The van der Waals surface area contributed by atoms with Crippen molar-refractivity contribution in [1.82, 2.24) is 0 Å². The largest absolute Gasteiger partial charge is 0.490 e. The molecule has 0 spiro atoms. The minimum Gasteiger partial charge on any atom is -0.490 e. The van der Waals surface area contributed by atoms with Gasteiger partial charge in [0.15, 0.2) is 15.8 Å². The molecular formula is C27H22BrCl2NO3S2. The van der Waals surface area contributed by atoms with Crippen LogP contribution >= 0.6 is 63.1 Å². The van der Waals surface area contributed by atoms with E-state index in [0.717, 1.165) is 27.9 Å². The van der Waals surface area contributed by atoms with Crippen LogP contribution in [-0.4, -0.2) is 16.8 Å². The number of aryl methyl sites for hydroxylation is 2. The normalized spacial score (nSPS) is 14.6. The van der Waals surface area contributed by atoms with Crippen LogP contribution in [0, 0.1) is 13.8 Å². The summed E-state index contributed by atoms with van der Waals surface area (Å²) >= 11 is 22.5. The molecule has 0 atom stereocenters. The van der Waals surface area contributed by atoms with Gasteiger partial charge >= 0.3 is 0 Å². The van der Waals surface area contributed by atoms with Crippen molar-refractivity contribution < 1.29 is 14.3 Å². The van der Waals surface area contributed by atoms with E-state index in [0.29, 0.717) is 41.8 Å². The van der Waals surface area contributed by atoms with Gasteiger partial charge in [0.25, 0.3) is 5.91 Å². The maximum Gasteiger partial charge on any atom is 0.270 e. The highest BCUT2D eigenvalue weighted by Crippen LogP contribution is 2.41. The van der Waals surface area contributed by atoms with Gasteiger partial charge in [0.1, 0.15) is 6.61 Å². The maximum atomic E-state index is 13.3. The number of ether oxygens (including phenoxy) is 2. The number of hydrogen-bond donors (Lipinski definition) is 0. The van der Waals surface area contributed by atoms with Gasteiger partial charge in [-0.1, -0.05) is 59.3 Å². The number of rotatable bonds is 7. The molecule has 1 saturated heterocycles. The summed E-state index contributed by atoms with van der Waals surface area (Å²) in [5, 5.41) is 0.958. The monoisotopic (exact) mass is 621 g/mol. The van der Waals surface area contributed by atoms with Crippen LogP contribution in [0.1, 0.15) is 29.2 Å². The van der Waals surface area contributed by atoms with Gasteiger partial charge in [-0.3, -0.25) is 9.69 Å². The first-order valence-electron chi connectivity index (χ1n) is 11.1. The van der Waals surface area contributed by atoms with Gasteiger partial charge in [0, 0.05) is 0 Å². The van der Waals surface area contributed by atoms with Crippen LogP contribution in [0.4, 0.5) is 5.69 Å². The minimum atomic E-state index is -0.151. The van der Waals surface area contributed by atoms with Crippen LogP contribution in [0.5, 0.6) is 11.5 Å². The first-order valence-corrected chi connectivity index (χ1v) is 13.8. The number of carbonyl (C=O) groups excluding carboxylic acids is 1. The smallest absolute Gasteiger partial charge is 0.270 e. The molecule has 0 radical (unpaired) electrons. The number of halogens is 3. The predicted octanol–water partition coefficient (Wildman–Crippen LogP) is 8.76. The average molecular weight is 623 g/mol. The Hall–Kier alpha value is -2.03. The molecule has 1 heterocycles. The fraction of sp³-hybridized carbons (Fsp3) is 0.185. The van der Waals surface area contributed by atoms with Gasteiger partial charge in [-0.2, -0.15) is 0 Å².